The predicted molar refractivity (Wildman–Crippen MR) is 118 cm³/mol. The lowest BCUT2D eigenvalue weighted by molar-refractivity contribution is -0.0205. The second-order valence-electron chi connectivity index (χ2n) is 7.40. The van der Waals surface area contributed by atoms with Crippen LogP contribution in [0.25, 0.3) is 0 Å². The zero-order chi connectivity index (χ0) is 21.5. The zero-order valence-corrected chi connectivity index (χ0v) is 17.8. The van der Waals surface area contributed by atoms with E-state index >= 15 is 0 Å². The number of benzene rings is 3. The topological polar surface area (TPSA) is 63.5 Å². The van der Waals surface area contributed by atoms with Gasteiger partial charge in [0.15, 0.2) is 11.5 Å². The van der Waals surface area contributed by atoms with E-state index in [0.717, 1.165) is 22.6 Å². The Morgan fingerprint density at radius 1 is 1.03 bits per heavy atom. The van der Waals surface area contributed by atoms with Gasteiger partial charge in [0.2, 0.25) is 6.23 Å². The van der Waals surface area contributed by atoms with Crippen molar-refractivity contribution in [2.75, 3.05) is 14.2 Å². The van der Waals surface area contributed by atoms with Gasteiger partial charge in [0.05, 0.1) is 31.5 Å². The number of ether oxygens (including phenoxy) is 3. The maximum atomic E-state index is 10.4. The van der Waals surface area contributed by atoms with Gasteiger partial charge >= 0.3 is 0 Å². The number of fused-ring (bicyclic) bond motifs is 3. The number of aromatic hydroxyl groups is 1. The Balaban J connectivity index is 1.65. The van der Waals surface area contributed by atoms with Crippen molar-refractivity contribution in [3.63, 3.8) is 0 Å². The third-order valence-electron chi connectivity index (χ3n) is 5.67. The quantitative estimate of drug-likeness (QED) is 0.600. The lowest BCUT2D eigenvalue weighted by Crippen LogP contribution is -2.34. The summed E-state index contributed by atoms with van der Waals surface area (Å²) < 4.78 is 17.6. The van der Waals surface area contributed by atoms with Crippen molar-refractivity contribution in [1.29, 1.82) is 0 Å². The molecule has 0 spiro atoms. The summed E-state index contributed by atoms with van der Waals surface area (Å²) >= 11 is 6.19. The first-order chi connectivity index (χ1) is 15.1. The number of nitrogens with zero attached hydrogens (tertiary/aromatic N) is 2. The molecule has 5 rings (SSSR count). The summed E-state index contributed by atoms with van der Waals surface area (Å²) in [6, 6.07) is 18.6. The first kappa shape index (κ1) is 19.6. The third kappa shape index (κ3) is 3.24. The van der Waals surface area contributed by atoms with Gasteiger partial charge in [-0.25, -0.2) is 5.01 Å². The van der Waals surface area contributed by atoms with Gasteiger partial charge in [-0.3, -0.25) is 0 Å². The van der Waals surface area contributed by atoms with Crippen LogP contribution in [-0.2, 0) is 0 Å². The molecule has 0 saturated heterocycles. The van der Waals surface area contributed by atoms with Gasteiger partial charge < -0.3 is 19.3 Å². The van der Waals surface area contributed by atoms with Crippen molar-refractivity contribution in [3.05, 3.63) is 82.4 Å². The van der Waals surface area contributed by atoms with Crippen LogP contribution in [0.1, 0.15) is 35.4 Å². The van der Waals surface area contributed by atoms with Crippen molar-refractivity contribution in [1.82, 2.24) is 5.01 Å². The Morgan fingerprint density at radius 3 is 2.65 bits per heavy atom. The molecular weight excluding hydrogens is 416 g/mol. The van der Waals surface area contributed by atoms with Gasteiger partial charge in [-0.2, -0.15) is 5.10 Å². The summed E-state index contributed by atoms with van der Waals surface area (Å²) in [6.45, 7) is 0. The molecule has 0 radical (unpaired) electrons. The van der Waals surface area contributed by atoms with Crippen molar-refractivity contribution in [2.45, 2.75) is 18.7 Å². The summed E-state index contributed by atoms with van der Waals surface area (Å²) in [5, 5.41) is 17.8. The number of rotatable bonds is 4. The maximum absolute atomic E-state index is 10.4. The molecule has 6 nitrogen and oxygen atoms in total. The Kier molecular flexibility index (Phi) is 4.87. The SMILES string of the molecule is COc1cccc([C@H]2Oc3ccccc3[C@H]3CC(c4cc(Cl)ccc4O)=NN32)c1OC. The Hall–Kier alpha value is -3.38. The Morgan fingerprint density at radius 2 is 1.84 bits per heavy atom. The van der Waals surface area contributed by atoms with Crippen LogP contribution in [0.2, 0.25) is 5.02 Å². The first-order valence-electron chi connectivity index (χ1n) is 9.92. The zero-order valence-electron chi connectivity index (χ0n) is 17.1. The summed E-state index contributed by atoms with van der Waals surface area (Å²) in [7, 11) is 3.22. The minimum Gasteiger partial charge on any atom is -0.507 e. The lowest BCUT2D eigenvalue weighted by atomic mass is 9.95. The van der Waals surface area contributed by atoms with Crippen LogP contribution in [0.3, 0.4) is 0 Å². The van der Waals surface area contributed by atoms with E-state index in [0.29, 0.717) is 28.5 Å². The van der Waals surface area contributed by atoms with E-state index < -0.39 is 6.23 Å². The van der Waals surface area contributed by atoms with Gasteiger partial charge in [-0.15, -0.1) is 0 Å². The minimum absolute atomic E-state index is 0.0563. The second kappa shape index (κ2) is 7.71. The van der Waals surface area contributed by atoms with E-state index in [2.05, 4.69) is 0 Å². The highest BCUT2D eigenvalue weighted by atomic mass is 35.5. The molecular formula is C24H21ClN2O4. The van der Waals surface area contributed by atoms with E-state index in [-0.39, 0.29) is 11.8 Å². The van der Waals surface area contributed by atoms with E-state index in [9.17, 15) is 5.11 Å². The highest BCUT2D eigenvalue weighted by molar-refractivity contribution is 6.31. The average Bonchev–Trinajstić information content (AvgIpc) is 3.25. The standard InChI is InChI=1S/C24H21ClN2O4/c1-29-22-9-5-7-16(23(22)30-2)24-27-19(15-6-3-4-8-21(15)31-24)13-18(26-27)17-12-14(25)10-11-20(17)28/h3-12,19,24,28H,13H2,1-2H3/t19-,24-/m1/s1. The molecule has 2 aliphatic rings. The van der Waals surface area contributed by atoms with Crippen molar-refractivity contribution in [3.8, 4) is 23.0 Å². The maximum Gasteiger partial charge on any atom is 0.217 e. The van der Waals surface area contributed by atoms with Crippen molar-refractivity contribution in [2.24, 2.45) is 5.10 Å². The minimum atomic E-state index is -0.524. The molecule has 31 heavy (non-hydrogen) atoms. The number of hydrogen-bond acceptors (Lipinski definition) is 6. The van der Waals surface area contributed by atoms with E-state index in [1.54, 1.807) is 32.4 Å². The van der Waals surface area contributed by atoms with Gasteiger partial charge in [0.1, 0.15) is 11.5 Å². The fourth-order valence-corrected chi connectivity index (χ4v) is 4.42. The number of phenolic OH excluding ortho intramolecular Hbond substituents is 1. The average molecular weight is 437 g/mol. The Bertz CT molecular complexity index is 1180. The summed E-state index contributed by atoms with van der Waals surface area (Å²) in [5.41, 5.74) is 3.22. The Labute approximate surface area is 185 Å². The van der Waals surface area contributed by atoms with Crippen LogP contribution in [0.4, 0.5) is 0 Å². The van der Waals surface area contributed by atoms with E-state index in [4.69, 9.17) is 30.9 Å². The molecule has 0 saturated carbocycles. The molecule has 7 heteroatoms. The number of halogens is 1. The summed E-state index contributed by atoms with van der Waals surface area (Å²) in [6.07, 6.45) is 0.0839. The van der Waals surface area contributed by atoms with E-state index in [1.807, 2.05) is 47.5 Å². The second-order valence-corrected chi connectivity index (χ2v) is 7.84. The third-order valence-corrected chi connectivity index (χ3v) is 5.90. The fraction of sp³-hybridized carbons (Fsp3) is 0.208. The largest absolute Gasteiger partial charge is 0.507 e. The van der Waals surface area contributed by atoms with Crippen LogP contribution < -0.4 is 14.2 Å². The number of methoxy groups -OCH3 is 2. The van der Waals surface area contributed by atoms with Crippen LogP contribution in [0.5, 0.6) is 23.0 Å². The molecule has 0 aliphatic carbocycles. The summed E-state index contributed by atoms with van der Waals surface area (Å²) in [4.78, 5) is 0. The number of hydrazone groups is 1. The normalized spacial score (nSPS) is 19.2. The molecule has 0 fully saturated rings. The molecule has 0 unspecified atom stereocenters. The van der Waals surface area contributed by atoms with Crippen LogP contribution in [0.15, 0.2) is 65.8 Å². The molecule has 0 amide bonds. The lowest BCUT2D eigenvalue weighted by Gasteiger charge is -2.38. The summed E-state index contributed by atoms with van der Waals surface area (Å²) in [5.74, 6) is 2.16. The molecule has 2 aliphatic heterocycles. The highest BCUT2D eigenvalue weighted by Crippen LogP contribution is 2.50. The molecule has 158 valence electrons. The number of phenols is 1. The molecule has 1 N–H and O–H groups in total. The molecule has 0 bridgehead atoms. The highest BCUT2D eigenvalue weighted by Gasteiger charge is 2.42. The van der Waals surface area contributed by atoms with Gasteiger partial charge in [-0.1, -0.05) is 35.9 Å². The molecule has 2 atom stereocenters. The first-order valence-corrected chi connectivity index (χ1v) is 10.3. The van der Waals surface area contributed by atoms with Gasteiger partial charge in [0.25, 0.3) is 0 Å². The fourth-order valence-electron chi connectivity index (χ4n) is 4.25. The van der Waals surface area contributed by atoms with E-state index in [1.165, 1.54) is 0 Å². The van der Waals surface area contributed by atoms with Crippen molar-refractivity contribution < 1.29 is 19.3 Å². The number of para-hydroxylation sites is 2. The van der Waals surface area contributed by atoms with Crippen LogP contribution >= 0.6 is 11.6 Å². The molecule has 0 aromatic heterocycles. The van der Waals surface area contributed by atoms with Crippen molar-refractivity contribution >= 4 is 17.3 Å². The molecule has 3 aromatic rings. The smallest absolute Gasteiger partial charge is 0.217 e. The van der Waals surface area contributed by atoms with Gasteiger partial charge in [-0.05, 0) is 36.4 Å². The number of hydrogen-bond donors (Lipinski definition) is 1. The van der Waals surface area contributed by atoms with Crippen LogP contribution in [-0.4, -0.2) is 30.0 Å². The van der Waals surface area contributed by atoms with Crippen LogP contribution in [0, 0.1) is 0 Å². The molecule has 2 heterocycles. The monoisotopic (exact) mass is 436 g/mol. The predicted octanol–water partition coefficient (Wildman–Crippen LogP) is 5.31. The molecule has 3 aromatic carbocycles. The van der Waals surface area contributed by atoms with Gasteiger partial charge in [0, 0.05) is 22.6 Å².